The molecule has 4 N–H and O–H groups in total. The molecule has 0 bridgehead atoms. The molecule has 0 radical (unpaired) electrons. The van der Waals surface area contributed by atoms with Gasteiger partial charge in [-0.3, -0.25) is 4.79 Å². The number of nitrogens with one attached hydrogen (secondary N) is 2. The van der Waals surface area contributed by atoms with Crippen molar-refractivity contribution in [3.8, 4) is 5.75 Å². The lowest BCUT2D eigenvalue weighted by atomic mass is 10.0. The first-order chi connectivity index (χ1) is 10.6. The van der Waals surface area contributed by atoms with Crippen molar-refractivity contribution in [3.05, 3.63) is 22.7 Å². The van der Waals surface area contributed by atoms with E-state index in [2.05, 4.69) is 10.6 Å². The number of carbonyl (C=O) groups excluding carboxylic acids is 1. The zero-order valence-corrected chi connectivity index (χ0v) is 13.6. The second kappa shape index (κ2) is 7.67. The fraction of sp³-hybridized carbons (Fsp3) is 0.533. The molecule has 1 aliphatic heterocycles. The predicted octanol–water partition coefficient (Wildman–Crippen LogP) is 1.43. The highest BCUT2D eigenvalue weighted by molar-refractivity contribution is 6.33. The van der Waals surface area contributed by atoms with Crippen LogP contribution in [0.1, 0.15) is 23.7 Å². The Bertz CT molecular complexity index is 537. The van der Waals surface area contributed by atoms with E-state index in [0.29, 0.717) is 28.6 Å². The van der Waals surface area contributed by atoms with Crippen LogP contribution < -0.4 is 21.1 Å². The molecule has 2 atom stereocenters. The summed E-state index contributed by atoms with van der Waals surface area (Å²) in [5, 5.41) is 6.60. The zero-order chi connectivity index (χ0) is 16.1. The van der Waals surface area contributed by atoms with Crippen molar-refractivity contribution in [2.24, 2.45) is 0 Å². The lowest BCUT2D eigenvalue weighted by Gasteiger charge is -2.32. The number of anilines is 1. The molecule has 1 aliphatic rings. The third-order valence-electron chi connectivity index (χ3n) is 3.69. The average Bonchev–Trinajstić information content (AvgIpc) is 2.51. The van der Waals surface area contributed by atoms with Crippen molar-refractivity contribution in [2.45, 2.75) is 25.5 Å². The van der Waals surface area contributed by atoms with Crippen LogP contribution in [0.4, 0.5) is 5.69 Å². The van der Waals surface area contributed by atoms with E-state index in [-0.39, 0.29) is 18.1 Å². The van der Waals surface area contributed by atoms with Gasteiger partial charge in [-0.05, 0) is 26.0 Å². The molecule has 0 aromatic heterocycles. The van der Waals surface area contributed by atoms with E-state index in [0.717, 1.165) is 19.5 Å². The van der Waals surface area contributed by atoms with Crippen molar-refractivity contribution in [1.29, 1.82) is 0 Å². The Morgan fingerprint density at radius 3 is 3.00 bits per heavy atom. The molecule has 22 heavy (non-hydrogen) atoms. The van der Waals surface area contributed by atoms with Crippen LogP contribution in [0.2, 0.25) is 5.02 Å². The van der Waals surface area contributed by atoms with Gasteiger partial charge in [0.15, 0.2) is 0 Å². The molecule has 0 unspecified atom stereocenters. The summed E-state index contributed by atoms with van der Waals surface area (Å²) in [5.74, 6) is 0.164. The Morgan fingerprint density at radius 2 is 2.32 bits per heavy atom. The molecule has 2 rings (SSSR count). The molecule has 1 saturated heterocycles. The monoisotopic (exact) mass is 327 g/mol. The number of hydrogen-bond donors (Lipinski definition) is 3. The van der Waals surface area contributed by atoms with E-state index >= 15 is 0 Å². The topological polar surface area (TPSA) is 85.6 Å². The van der Waals surface area contributed by atoms with Crippen molar-refractivity contribution in [1.82, 2.24) is 10.6 Å². The molecule has 0 saturated carbocycles. The number of methoxy groups -OCH3 is 1. The van der Waals surface area contributed by atoms with Crippen LogP contribution in [0.15, 0.2) is 12.1 Å². The van der Waals surface area contributed by atoms with Gasteiger partial charge in [-0.15, -0.1) is 0 Å². The largest absolute Gasteiger partial charge is 0.496 e. The van der Waals surface area contributed by atoms with Gasteiger partial charge in [-0.1, -0.05) is 11.6 Å². The smallest absolute Gasteiger partial charge is 0.255 e. The summed E-state index contributed by atoms with van der Waals surface area (Å²) in [6.07, 6.45) is 0.763. The summed E-state index contributed by atoms with van der Waals surface area (Å²) in [6, 6.07) is 3.04. The molecule has 0 spiro atoms. The maximum absolute atomic E-state index is 12.5. The third-order valence-corrected chi connectivity index (χ3v) is 4.01. The lowest BCUT2D eigenvalue weighted by molar-refractivity contribution is 0.0208. The molecule has 1 fully saturated rings. The maximum Gasteiger partial charge on any atom is 0.255 e. The Kier molecular flexibility index (Phi) is 5.88. The number of ether oxygens (including phenoxy) is 2. The van der Waals surface area contributed by atoms with Gasteiger partial charge < -0.3 is 25.8 Å². The van der Waals surface area contributed by atoms with Gasteiger partial charge in [0.1, 0.15) is 5.75 Å². The van der Waals surface area contributed by atoms with E-state index < -0.39 is 0 Å². The highest BCUT2D eigenvalue weighted by Crippen LogP contribution is 2.29. The summed E-state index contributed by atoms with van der Waals surface area (Å²) >= 11 is 6.01. The second-order valence-electron chi connectivity index (χ2n) is 5.14. The Hall–Kier alpha value is -1.50. The molecule has 6 nitrogen and oxygen atoms in total. The number of piperidine rings is 1. The van der Waals surface area contributed by atoms with E-state index in [1.807, 2.05) is 6.92 Å². The number of carbonyl (C=O) groups is 1. The summed E-state index contributed by atoms with van der Waals surface area (Å²) in [5.41, 5.74) is 6.49. The van der Waals surface area contributed by atoms with Crippen LogP contribution in [-0.2, 0) is 4.74 Å². The molecule has 7 heteroatoms. The van der Waals surface area contributed by atoms with Crippen LogP contribution in [0.5, 0.6) is 5.75 Å². The van der Waals surface area contributed by atoms with Crippen LogP contribution in [0.3, 0.4) is 0 Å². The molecule has 1 amide bonds. The van der Waals surface area contributed by atoms with Gasteiger partial charge in [0.05, 0.1) is 35.5 Å². The molecule has 122 valence electrons. The maximum atomic E-state index is 12.5. The summed E-state index contributed by atoms with van der Waals surface area (Å²) in [6.45, 7) is 4.11. The number of rotatable bonds is 5. The number of nitrogen functional groups attached to an aromatic ring is 1. The Balaban J connectivity index is 2.15. The van der Waals surface area contributed by atoms with Crippen molar-refractivity contribution in [3.63, 3.8) is 0 Å². The van der Waals surface area contributed by atoms with E-state index in [4.69, 9.17) is 26.8 Å². The number of hydrogen-bond acceptors (Lipinski definition) is 5. The standard InChI is InChI=1S/C15H22ClN3O3/c1-3-22-14-8-18-5-4-12(14)19-15(20)9-6-10(16)11(17)7-13(9)21-2/h6-7,12,14,18H,3-5,8,17H2,1-2H3,(H,19,20)/t12-,14+/m0/s1. The van der Waals surface area contributed by atoms with E-state index in [1.165, 1.54) is 13.2 Å². The number of halogens is 1. The number of benzene rings is 1. The van der Waals surface area contributed by atoms with Gasteiger partial charge in [0.2, 0.25) is 0 Å². The van der Waals surface area contributed by atoms with Crippen molar-refractivity contribution < 1.29 is 14.3 Å². The second-order valence-corrected chi connectivity index (χ2v) is 5.55. The number of amides is 1. The minimum atomic E-state index is -0.240. The highest BCUT2D eigenvalue weighted by Gasteiger charge is 2.28. The predicted molar refractivity (Wildman–Crippen MR) is 86.6 cm³/mol. The minimum Gasteiger partial charge on any atom is -0.496 e. The first-order valence-electron chi connectivity index (χ1n) is 7.33. The molecule has 1 aromatic carbocycles. The van der Waals surface area contributed by atoms with Gasteiger partial charge in [0, 0.05) is 19.2 Å². The fourth-order valence-electron chi connectivity index (χ4n) is 2.55. The molecule has 1 heterocycles. The highest BCUT2D eigenvalue weighted by atomic mass is 35.5. The minimum absolute atomic E-state index is 0.0436. The van der Waals surface area contributed by atoms with Gasteiger partial charge >= 0.3 is 0 Å². The number of nitrogens with two attached hydrogens (primary N) is 1. The quantitative estimate of drug-likeness (QED) is 0.712. The summed E-state index contributed by atoms with van der Waals surface area (Å²) in [4.78, 5) is 12.5. The van der Waals surface area contributed by atoms with Gasteiger partial charge in [0.25, 0.3) is 5.91 Å². The SMILES string of the molecule is CCO[C@@H]1CNCC[C@@H]1NC(=O)c1cc(Cl)c(N)cc1OC. The molecular weight excluding hydrogens is 306 g/mol. The van der Waals surface area contributed by atoms with Gasteiger partial charge in [-0.25, -0.2) is 0 Å². The van der Waals surface area contributed by atoms with Crippen LogP contribution in [0, 0.1) is 0 Å². The Morgan fingerprint density at radius 1 is 1.55 bits per heavy atom. The first kappa shape index (κ1) is 16.9. The van der Waals surface area contributed by atoms with E-state index in [9.17, 15) is 4.79 Å². The fourth-order valence-corrected chi connectivity index (χ4v) is 2.71. The van der Waals surface area contributed by atoms with Crippen LogP contribution >= 0.6 is 11.6 Å². The van der Waals surface area contributed by atoms with Crippen LogP contribution in [-0.4, -0.2) is 44.9 Å². The normalized spacial score (nSPS) is 21.4. The van der Waals surface area contributed by atoms with Crippen LogP contribution in [0.25, 0.3) is 0 Å². The lowest BCUT2D eigenvalue weighted by Crippen LogP contribution is -2.53. The average molecular weight is 328 g/mol. The van der Waals surface area contributed by atoms with Crippen molar-refractivity contribution in [2.75, 3.05) is 32.5 Å². The Labute approximate surface area is 135 Å². The molecule has 0 aliphatic carbocycles. The zero-order valence-electron chi connectivity index (χ0n) is 12.8. The van der Waals surface area contributed by atoms with Crippen molar-refractivity contribution >= 4 is 23.2 Å². The van der Waals surface area contributed by atoms with E-state index in [1.54, 1.807) is 6.07 Å². The molecular formula is C15H22ClN3O3. The summed E-state index contributed by atoms with van der Waals surface area (Å²) < 4.78 is 10.9. The summed E-state index contributed by atoms with van der Waals surface area (Å²) in [7, 11) is 1.49. The van der Waals surface area contributed by atoms with Gasteiger partial charge in [-0.2, -0.15) is 0 Å². The molecule has 1 aromatic rings. The third kappa shape index (κ3) is 3.82. The first-order valence-corrected chi connectivity index (χ1v) is 7.70.